The summed E-state index contributed by atoms with van der Waals surface area (Å²) in [6.45, 7) is 0. The summed E-state index contributed by atoms with van der Waals surface area (Å²) in [6.07, 6.45) is 0. The summed E-state index contributed by atoms with van der Waals surface area (Å²) < 4.78 is 0. The molecular weight excluding hydrogens is 388 g/mol. The van der Waals surface area contributed by atoms with Gasteiger partial charge in [0, 0.05) is 28.4 Å². The van der Waals surface area contributed by atoms with Gasteiger partial charge in [0.2, 0.25) is 0 Å². The fourth-order valence-electron chi connectivity index (χ4n) is 3.87. The highest BCUT2D eigenvalue weighted by atomic mass is 15.1. The second-order valence-corrected chi connectivity index (χ2v) is 7.63. The van der Waals surface area contributed by atoms with Crippen LogP contribution in [0.1, 0.15) is 0 Å². The van der Waals surface area contributed by atoms with Gasteiger partial charge in [0.15, 0.2) is 0 Å². The predicted molar refractivity (Wildman–Crippen MR) is 136 cm³/mol. The Bertz CT molecular complexity index is 1230. The van der Waals surface area contributed by atoms with E-state index in [0.29, 0.717) is 0 Å². The van der Waals surface area contributed by atoms with Crippen molar-refractivity contribution in [3.8, 4) is 11.1 Å². The molecule has 154 valence electrons. The zero-order valence-corrected chi connectivity index (χ0v) is 17.7. The van der Waals surface area contributed by atoms with E-state index in [-0.39, 0.29) is 0 Å². The third-order valence-electron chi connectivity index (χ3n) is 5.41. The minimum Gasteiger partial charge on any atom is -0.356 e. The molecule has 0 heterocycles. The van der Waals surface area contributed by atoms with Gasteiger partial charge in [0.1, 0.15) is 0 Å². The lowest BCUT2D eigenvalue weighted by atomic mass is 10.1. The standard InChI is InChI=1S/C30H24N2/c1-4-11-24(12-5-1)25-13-10-14-27(23-25)31-26-19-21-30(22-20-26)32(28-15-6-2-7-16-28)29-17-8-3-9-18-29/h1-23,31H. The molecule has 0 saturated heterocycles. The van der Waals surface area contributed by atoms with Crippen LogP contribution in [0.25, 0.3) is 11.1 Å². The van der Waals surface area contributed by atoms with Crippen LogP contribution in [0, 0.1) is 0 Å². The van der Waals surface area contributed by atoms with E-state index in [4.69, 9.17) is 0 Å². The Labute approximate surface area is 189 Å². The second kappa shape index (κ2) is 9.23. The molecule has 0 spiro atoms. The van der Waals surface area contributed by atoms with Crippen LogP contribution < -0.4 is 10.2 Å². The molecule has 0 saturated carbocycles. The molecular formula is C30H24N2. The summed E-state index contributed by atoms with van der Waals surface area (Å²) in [5, 5.41) is 3.54. The molecule has 0 unspecified atom stereocenters. The molecule has 0 aliphatic rings. The number of anilines is 5. The van der Waals surface area contributed by atoms with Gasteiger partial charge in [0.05, 0.1) is 0 Å². The summed E-state index contributed by atoms with van der Waals surface area (Å²) in [7, 11) is 0. The monoisotopic (exact) mass is 412 g/mol. The van der Waals surface area contributed by atoms with E-state index in [1.54, 1.807) is 0 Å². The topological polar surface area (TPSA) is 15.3 Å². The largest absolute Gasteiger partial charge is 0.356 e. The van der Waals surface area contributed by atoms with Gasteiger partial charge < -0.3 is 10.2 Å². The Hall–Kier alpha value is -4.30. The van der Waals surface area contributed by atoms with Gasteiger partial charge in [-0.05, 0) is 71.8 Å². The van der Waals surface area contributed by atoms with Crippen LogP contribution in [0.5, 0.6) is 0 Å². The number of nitrogens with one attached hydrogen (secondary N) is 1. The predicted octanol–water partition coefficient (Wildman–Crippen LogP) is 8.57. The lowest BCUT2D eigenvalue weighted by Crippen LogP contribution is -2.09. The van der Waals surface area contributed by atoms with E-state index in [1.807, 2.05) is 18.2 Å². The van der Waals surface area contributed by atoms with Crippen molar-refractivity contribution in [3.05, 3.63) is 140 Å². The maximum Gasteiger partial charge on any atom is 0.0463 e. The van der Waals surface area contributed by atoms with E-state index >= 15 is 0 Å². The first-order valence-corrected chi connectivity index (χ1v) is 10.8. The summed E-state index contributed by atoms with van der Waals surface area (Å²) in [5.74, 6) is 0. The van der Waals surface area contributed by atoms with Crippen molar-refractivity contribution in [1.82, 2.24) is 0 Å². The quantitative estimate of drug-likeness (QED) is 0.300. The van der Waals surface area contributed by atoms with Crippen molar-refractivity contribution in [2.75, 3.05) is 10.2 Å². The highest BCUT2D eigenvalue weighted by molar-refractivity contribution is 5.78. The van der Waals surface area contributed by atoms with Crippen molar-refractivity contribution in [2.24, 2.45) is 0 Å². The highest BCUT2D eigenvalue weighted by Crippen LogP contribution is 2.35. The fraction of sp³-hybridized carbons (Fsp3) is 0. The molecule has 2 heteroatoms. The van der Waals surface area contributed by atoms with Crippen LogP contribution in [-0.2, 0) is 0 Å². The molecule has 32 heavy (non-hydrogen) atoms. The van der Waals surface area contributed by atoms with E-state index in [1.165, 1.54) is 11.1 Å². The van der Waals surface area contributed by atoms with E-state index in [9.17, 15) is 0 Å². The van der Waals surface area contributed by atoms with Crippen molar-refractivity contribution < 1.29 is 0 Å². The molecule has 5 aromatic carbocycles. The molecule has 0 aromatic heterocycles. The van der Waals surface area contributed by atoms with Crippen LogP contribution in [0.2, 0.25) is 0 Å². The fourth-order valence-corrected chi connectivity index (χ4v) is 3.87. The Morgan fingerprint density at radius 1 is 0.375 bits per heavy atom. The second-order valence-electron chi connectivity index (χ2n) is 7.63. The zero-order chi connectivity index (χ0) is 21.6. The summed E-state index contributed by atoms with van der Waals surface area (Å²) in [4.78, 5) is 2.26. The molecule has 2 nitrogen and oxygen atoms in total. The normalized spacial score (nSPS) is 10.5. The van der Waals surface area contributed by atoms with Gasteiger partial charge in [-0.3, -0.25) is 0 Å². The lowest BCUT2D eigenvalue weighted by Gasteiger charge is -2.25. The van der Waals surface area contributed by atoms with Crippen LogP contribution in [0.15, 0.2) is 140 Å². The third kappa shape index (κ3) is 4.40. The number of nitrogens with zero attached hydrogens (tertiary/aromatic N) is 1. The average Bonchev–Trinajstić information content (AvgIpc) is 2.87. The maximum atomic E-state index is 3.54. The minimum absolute atomic E-state index is 1.06. The van der Waals surface area contributed by atoms with Crippen LogP contribution in [0.3, 0.4) is 0 Å². The van der Waals surface area contributed by atoms with E-state index in [2.05, 4.69) is 132 Å². The lowest BCUT2D eigenvalue weighted by molar-refractivity contribution is 1.28. The number of hydrogen-bond donors (Lipinski definition) is 1. The van der Waals surface area contributed by atoms with Crippen molar-refractivity contribution in [1.29, 1.82) is 0 Å². The number of hydrogen-bond acceptors (Lipinski definition) is 2. The van der Waals surface area contributed by atoms with E-state index in [0.717, 1.165) is 28.4 Å². The number of para-hydroxylation sites is 2. The molecule has 0 atom stereocenters. The smallest absolute Gasteiger partial charge is 0.0463 e. The van der Waals surface area contributed by atoms with Crippen LogP contribution in [0.4, 0.5) is 28.4 Å². The van der Waals surface area contributed by atoms with Crippen molar-refractivity contribution in [3.63, 3.8) is 0 Å². The summed E-state index contributed by atoms with van der Waals surface area (Å²) in [5.41, 5.74) is 7.93. The first-order valence-electron chi connectivity index (χ1n) is 10.8. The molecule has 0 amide bonds. The van der Waals surface area contributed by atoms with Gasteiger partial charge in [0.25, 0.3) is 0 Å². The first kappa shape index (κ1) is 19.7. The number of rotatable bonds is 6. The SMILES string of the molecule is c1ccc(-c2cccc(Nc3ccc(N(c4ccccc4)c4ccccc4)cc3)c2)cc1. The zero-order valence-electron chi connectivity index (χ0n) is 17.7. The van der Waals surface area contributed by atoms with Gasteiger partial charge in [-0.25, -0.2) is 0 Å². The average molecular weight is 413 g/mol. The molecule has 5 aromatic rings. The van der Waals surface area contributed by atoms with Crippen molar-refractivity contribution >= 4 is 28.4 Å². The van der Waals surface area contributed by atoms with E-state index < -0.39 is 0 Å². The van der Waals surface area contributed by atoms with Crippen molar-refractivity contribution in [2.45, 2.75) is 0 Å². The first-order chi connectivity index (χ1) is 15.9. The van der Waals surface area contributed by atoms with Gasteiger partial charge in [-0.15, -0.1) is 0 Å². The molecule has 0 bridgehead atoms. The molecule has 0 aliphatic carbocycles. The van der Waals surface area contributed by atoms with Gasteiger partial charge >= 0.3 is 0 Å². The summed E-state index contributed by atoms with van der Waals surface area (Å²) >= 11 is 0. The van der Waals surface area contributed by atoms with Crippen LogP contribution >= 0.6 is 0 Å². The number of benzene rings is 5. The van der Waals surface area contributed by atoms with Gasteiger partial charge in [-0.1, -0.05) is 78.9 Å². The summed E-state index contributed by atoms with van der Waals surface area (Å²) in [6, 6.07) is 48.4. The third-order valence-corrected chi connectivity index (χ3v) is 5.41. The Balaban J connectivity index is 1.41. The molecule has 0 radical (unpaired) electrons. The Kier molecular flexibility index (Phi) is 5.67. The highest BCUT2D eigenvalue weighted by Gasteiger charge is 2.11. The Morgan fingerprint density at radius 2 is 0.875 bits per heavy atom. The Morgan fingerprint density at radius 3 is 1.47 bits per heavy atom. The molecule has 5 rings (SSSR count). The minimum atomic E-state index is 1.06. The molecule has 0 fully saturated rings. The molecule has 0 aliphatic heterocycles. The molecule has 1 N–H and O–H groups in total. The maximum absolute atomic E-state index is 3.54. The van der Waals surface area contributed by atoms with Gasteiger partial charge in [-0.2, -0.15) is 0 Å². The van der Waals surface area contributed by atoms with Crippen LogP contribution in [-0.4, -0.2) is 0 Å².